The van der Waals surface area contributed by atoms with Gasteiger partial charge in [-0.3, -0.25) is 4.90 Å². The molecule has 2 aliphatic rings. The van der Waals surface area contributed by atoms with Crippen LogP contribution in [-0.2, 0) is 0 Å². The fourth-order valence-corrected chi connectivity index (χ4v) is 4.05. The number of hydrogen-bond donors (Lipinski definition) is 1. The normalized spacial score (nSPS) is 29.6. The van der Waals surface area contributed by atoms with Crippen LogP contribution in [0.4, 0.5) is 0 Å². The summed E-state index contributed by atoms with van der Waals surface area (Å²) < 4.78 is 0. The molecule has 2 rings (SSSR count). The highest BCUT2D eigenvalue weighted by Gasteiger charge is 2.36. The average molecular weight is 238 g/mol. The lowest BCUT2D eigenvalue weighted by Gasteiger charge is -2.42. The van der Waals surface area contributed by atoms with E-state index in [0.29, 0.717) is 5.41 Å². The quantitative estimate of drug-likeness (QED) is 0.792. The number of nitrogens with one attached hydrogen (secondary N) is 1. The summed E-state index contributed by atoms with van der Waals surface area (Å²) in [6.07, 6.45) is 11.4. The minimum Gasteiger partial charge on any atom is -0.319 e. The van der Waals surface area contributed by atoms with Gasteiger partial charge in [0.15, 0.2) is 0 Å². The Morgan fingerprint density at radius 1 is 1.18 bits per heavy atom. The Labute approximate surface area is 107 Å². The van der Waals surface area contributed by atoms with Gasteiger partial charge in [-0.15, -0.1) is 0 Å². The summed E-state index contributed by atoms with van der Waals surface area (Å²) in [4.78, 5) is 2.81. The van der Waals surface area contributed by atoms with E-state index in [9.17, 15) is 0 Å². The summed E-state index contributed by atoms with van der Waals surface area (Å²) in [7, 11) is 2.12. The van der Waals surface area contributed by atoms with Crippen LogP contribution in [0.5, 0.6) is 0 Å². The van der Waals surface area contributed by atoms with Crippen LogP contribution in [0.1, 0.15) is 58.3 Å². The first-order chi connectivity index (χ1) is 8.29. The van der Waals surface area contributed by atoms with Crippen LogP contribution >= 0.6 is 0 Å². The zero-order valence-electron chi connectivity index (χ0n) is 11.8. The molecule has 0 amide bonds. The number of hydrogen-bond acceptors (Lipinski definition) is 2. The molecule has 0 spiro atoms. The van der Waals surface area contributed by atoms with Gasteiger partial charge in [-0.1, -0.05) is 26.2 Å². The van der Waals surface area contributed by atoms with Gasteiger partial charge < -0.3 is 5.32 Å². The van der Waals surface area contributed by atoms with Gasteiger partial charge in [-0.2, -0.15) is 0 Å². The van der Waals surface area contributed by atoms with E-state index in [1.165, 1.54) is 71.0 Å². The van der Waals surface area contributed by atoms with E-state index >= 15 is 0 Å². The third-order valence-electron chi connectivity index (χ3n) is 4.97. The Hall–Kier alpha value is -0.0800. The molecule has 1 saturated carbocycles. The molecule has 1 heterocycles. The van der Waals surface area contributed by atoms with E-state index in [1.54, 1.807) is 0 Å². The van der Waals surface area contributed by atoms with Crippen molar-refractivity contribution in [3.05, 3.63) is 0 Å². The van der Waals surface area contributed by atoms with Crippen molar-refractivity contribution in [3.63, 3.8) is 0 Å². The maximum absolute atomic E-state index is 3.45. The maximum atomic E-state index is 3.45. The number of likely N-dealkylation sites (tertiary alicyclic amines) is 1. The summed E-state index contributed by atoms with van der Waals surface area (Å²) in [6, 6.07) is 0.873. The van der Waals surface area contributed by atoms with Gasteiger partial charge in [-0.05, 0) is 51.1 Å². The zero-order valence-corrected chi connectivity index (χ0v) is 11.8. The van der Waals surface area contributed by atoms with E-state index in [2.05, 4.69) is 24.2 Å². The number of piperidine rings is 1. The SMILES string of the molecule is CCC1CCCCN1CC1(CNC)CCCC1. The topological polar surface area (TPSA) is 15.3 Å². The largest absolute Gasteiger partial charge is 0.319 e. The highest BCUT2D eigenvalue weighted by Crippen LogP contribution is 2.39. The van der Waals surface area contributed by atoms with Crippen molar-refractivity contribution in [2.45, 2.75) is 64.3 Å². The molecule has 1 atom stereocenters. The fraction of sp³-hybridized carbons (Fsp3) is 1.00. The van der Waals surface area contributed by atoms with E-state index in [1.807, 2.05) is 0 Å². The minimum atomic E-state index is 0.597. The van der Waals surface area contributed by atoms with Crippen LogP contribution in [0.15, 0.2) is 0 Å². The molecular formula is C15H30N2. The standard InChI is InChI=1S/C15H30N2/c1-3-14-8-4-7-11-17(14)13-15(12-16-2)9-5-6-10-15/h14,16H,3-13H2,1-2H3. The Kier molecular flexibility index (Phi) is 4.87. The van der Waals surface area contributed by atoms with Crippen LogP contribution in [-0.4, -0.2) is 37.6 Å². The van der Waals surface area contributed by atoms with Crippen molar-refractivity contribution in [3.8, 4) is 0 Å². The second kappa shape index (κ2) is 6.19. The summed E-state index contributed by atoms with van der Waals surface area (Å²) in [5.41, 5.74) is 0.597. The highest BCUT2D eigenvalue weighted by atomic mass is 15.2. The van der Waals surface area contributed by atoms with Crippen molar-refractivity contribution in [1.82, 2.24) is 10.2 Å². The molecule has 2 heteroatoms. The number of rotatable bonds is 5. The van der Waals surface area contributed by atoms with Gasteiger partial charge in [0.05, 0.1) is 0 Å². The molecule has 100 valence electrons. The van der Waals surface area contributed by atoms with Crippen molar-refractivity contribution in [1.29, 1.82) is 0 Å². The molecule has 1 aliphatic heterocycles. The molecule has 1 saturated heterocycles. The van der Waals surface area contributed by atoms with Crippen LogP contribution in [0.25, 0.3) is 0 Å². The first-order valence-corrected chi connectivity index (χ1v) is 7.68. The predicted molar refractivity (Wildman–Crippen MR) is 74.3 cm³/mol. The lowest BCUT2D eigenvalue weighted by molar-refractivity contribution is 0.0799. The average Bonchev–Trinajstić information content (AvgIpc) is 2.79. The fourth-order valence-electron chi connectivity index (χ4n) is 4.05. The summed E-state index contributed by atoms with van der Waals surface area (Å²) >= 11 is 0. The molecule has 1 aliphatic carbocycles. The molecule has 1 N–H and O–H groups in total. The molecule has 0 radical (unpaired) electrons. The third-order valence-corrected chi connectivity index (χ3v) is 4.97. The Morgan fingerprint density at radius 3 is 2.59 bits per heavy atom. The molecule has 1 unspecified atom stereocenters. The van der Waals surface area contributed by atoms with Crippen molar-refractivity contribution >= 4 is 0 Å². The monoisotopic (exact) mass is 238 g/mol. The molecule has 0 aromatic rings. The van der Waals surface area contributed by atoms with E-state index in [0.717, 1.165) is 6.04 Å². The summed E-state index contributed by atoms with van der Waals surface area (Å²) in [5.74, 6) is 0. The van der Waals surface area contributed by atoms with Gasteiger partial charge in [-0.25, -0.2) is 0 Å². The smallest absolute Gasteiger partial charge is 0.00928 e. The Balaban J connectivity index is 1.96. The third kappa shape index (κ3) is 3.23. The van der Waals surface area contributed by atoms with E-state index < -0.39 is 0 Å². The number of nitrogens with zero attached hydrogens (tertiary/aromatic N) is 1. The second-order valence-corrected chi connectivity index (χ2v) is 6.27. The lowest BCUT2D eigenvalue weighted by atomic mass is 9.84. The van der Waals surface area contributed by atoms with Gasteiger partial charge in [0.25, 0.3) is 0 Å². The van der Waals surface area contributed by atoms with E-state index in [-0.39, 0.29) is 0 Å². The summed E-state index contributed by atoms with van der Waals surface area (Å²) in [6.45, 7) is 6.29. The van der Waals surface area contributed by atoms with Gasteiger partial charge in [0.2, 0.25) is 0 Å². The Bertz CT molecular complexity index is 221. The van der Waals surface area contributed by atoms with E-state index in [4.69, 9.17) is 0 Å². The van der Waals surface area contributed by atoms with Crippen molar-refractivity contribution in [2.24, 2.45) is 5.41 Å². The van der Waals surface area contributed by atoms with Crippen LogP contribution in [0.2, 0.25) is 0 Å². The highest BCUT2D eigenvalue weighted by molar-refractivity contribution is 4.91. The van der Waals surface area contributed by atoms with Crippen LogP contribution in [0.3, 0.4) is 0 Å². The Morgan fingerprint density at radius 2 is 1.94 bits per heavy atom. The molecule has 17 heavy (non-hydrogen) atoms. The minimum absolute atomic E-state index is 0.597. The van der Waals surface area contributed by atoms with Crippen LogP contribution in [0, 0.1) is 5.41 Å². The maximum Gasteiger partial charge on any atom is 0.00928 e. The van der Waals surface area contributed by atoms with Gasteiger partial charge in [0.1, 0.15) is 0 Å². The molecule has 2 fully saturated rings. The van der Waals surface area contributed by atoms with Crippen molar-refractivity contribution in [2.75, 3.05) is 26.7 Å². The summed E-state index contributed by atoms with van der Waals surface area (Å²) in [5, 5.41) is 3.45. The molecule has 0 aromatic heterocycles. The van der Waals surface area contributed by atoms with Gasteiger partial charge >= 0.3 is 0 Å². The first-order valence-electron chi connectivity index (χ1n) is 7.68. The lowest BCUT2D eigenvalue weighted by Crippen LogP contribution is -2.48. The van der Waals surface area contributed by atoms with Crippen molar-refractivity contribution < 1.29 is 0 Å². The van der Waals surface area contributed by atoms with Crippen LogP contribution < -0.4 is 5.32 Å². The zero-order chi connectivity index (χ0) is 12.1. The second-order valence-electron chi connectivity index (χ2n) is 6.27. The molecule has 2 nitrogen and oxygen atoms in total. The van der Waals surface area contributed by atoms with Gasteiger partial charge in [0, 0.05) is 19.1 Å². The molecular weight excluding hydrogens is 208 g/mol. The first kappa shape index (κ1) is 13.4. The molecule has 0 bridgehead atoms. The predicted octanol–water partition coefficient (Wildman–Crippen LogP) is 3.03. The molecule has 0 aromatic carbocycles.